The van der Waals surface area contributed by atoms with Gasteiger partial charge in [-0.3, -0.25) is 0 Å². The summed E-state index contributed by atoms with van der Waals surface area (Å²) in [5.41, 5.74) is -9.27. The summed E-state index contributed by atoms with van der Waals surface area (Å²) in [6, 6.07) is 28.1. The van der Waals surface area contributed by atoms with Crippen molar-refractivity contribution in [3.05, 3.63) is 152 Å². The molecule has 0 aromatic heterocycles. The van der Waals surface area contributed by atoms with Crippen LogP contribution in [0.1, 0.15) is 55.6 Å². The normalized spacial score (nSPS) is 14.2. The van der Waals surface area contributed by atoms with E-state index in [0.717, 1.165) is 84.9 Å². The van der Waals surface area contributed by atoms with Crippen molar-refractivity contribution in [2.45, 2.75) is 12.7 Å². The first kappa shape index (κ1) is 44.1. The molecule has 0 radical (unpaired) electrons. The third-order valence-electron chi connectivity index (χ3n) is 10.0. The Hall–Kier alpha value is -9.98. The maximum atomic E-state index is 17.6. The standard InChI is InChI=1S/C48H14F8N8O2/c49-45-35(21-63)39-37(27-1-5-31(6-2-27)65-47(51,52)53)43-40(36(22-64)46(50)41(43)33(19-61)29-11-23(15-57)9-24(12-29)16-58)38(28-3-7-32(8-4-28)66-48(54,55)56)44(39)42(45)34(20-62)30-13-25(17-59)10-26(14-30)18-60/h1-14H/b41-33-,42-34-. The molecular formula is C48H14F8N8O2. The maximum absolute atomic E-state index is 17.6. The van der Waals surface area contributed by atoms with E-state index in [-0.39, 0.29) is 44.5 Å². The minimum Gasteiger partial charge on any atom is -0.406 e. The number of hydrogen-bond acceptors (Lipinski definition) is 10. The highest BCUT2D eigenvalue weighted by Crippen LogP contribution is 2.61. The summed E-state index contributed by atoms with van der Waals surface area (Å²) in [4.78, 5) is 0. The van der Waals surface area contributed by atoms with Crippen LogP contribution in [-0.4, -0.2) is 12.7 Å². The predicted molar refractivity (Wildman–Crippen MR) is 215 cm³/mol. The fraction of sp³-hybridized carbons (Fsp3) is 0.0417. The van der Waals surface area contributed by atoms with E-state index in [4.69, 9.17) is 0 Å². The van der Waals surface area contributed by atoms with E-state index in [1.807, 2.05) is 12.1 Å². The number of nitrogens with zero attached hydrogens (tertiary/aromatic N) is 8. The number of benzene rings is 5. The Morgan fingerprint density at radius 1 is 0.394 bits per heavy atom. The lowest BCUT2D eigenvalue weighted by atomic mass is 9.77. The van der Waals surface area contributed by atoms with Gasteiger partial charge in [0.15, 0.2) is 11.7 Å². The Kier molecular flexibility index (Phi) is 11.2. The number of rotatable bonds is 6. The molecule has 18 heteroatoms. The van der Waals surface area contributed by atoms with Crippen molar-refractivity contribution >= 4 is 33.4 Å². The van der Waals surface area contributed by atoms with Crippen LogP contribution in [0.5, 0.6) is 11.5 Å². The number of fused-ring (bicyclic) bond motifs is 2. The Labute approximate surface area is 366 Å². The van der Waals surface area contributed by atoms with Crippen LogP contribution in [0.3, 0.4) is 0 Å². The van der Waals surface area contributed by atoms with Gasteiger partial charge in [0, 0.05) is 33.4 Å². The van der Waals surface area contributed by atoms with Gasteiger partial charge in [-0.15, -0.1) is 26.3 Å². The number of hydrogen-bond donors (Lipinski definition) is 0. The molecule has 0 aliphatic heterocycles. The lowest BCUT2D eigenvalue weighted by molar-refractivity contribution is -0.275. The summed E-state index contributed by atoms with van der Waals surface area (Å²) in [5.74, 6) is -4.49. The first-order valence-corrected chi connectivity index (χ1v) is 18.2. The average molecular weight is 887 g/mol. The SMILES string of the molecule is N#CC1=C(F)/C(=C(/C#N)c2cc(C#N)cc(C#N)c2)c2c1c(-c1ccc(OC(F)(F)F)cc1)c1c(c2-c2ccc(OC(F)(F)F)cc2)C(C#N)=C(F)/C1=C(/C#N)c1cc(C#N)cc(C#N)c1. The lowest BCUT2D eigenvalue weighted by Gasteiger charge is -2.23. The van der Waals surface area contributed by atoms with Crippen molar-refractivity contribution in [2.24, 2.45) is 0 Å². The third kappa shape index (κ3) is 7.75. The first-order valence-electron chi connectivity index (χ1n) is 18.2. The van der Waals surface area contributed by atoms with Crippen LogP contribution in [0.4, 0.5) is 35.1 Å². The lowest BCUT2D eigenvalue weighted by Crippen LogP contribution is -2.17. The Balaban J connectivity index is 1.79. The van der Waals surface area contributed by atoms with Gasteiger partial charge in [0.1, 0.15) is 35.8 Å². The zero-order valence-corrected chi connectivity index (χ0v) is 32.5. The van der Waals surface area contributed by atoms with E-state index in [0.29, 0.717) is 0 Å². The molecule has 0 saturated heterocycles. The van der Waals surface area contributed by atoms with Crippen LogP contribution in [0.2, 0.25) is 0 Å². The summed E-state index contributed by atoms with van der Waals surface area (Å²) < 4.78 is 123. The minimum atomic E-state index is -5.19. The van der Waals surface area contributed by atoms with E-state index < -0.39 is 103 Å². The van der Waals surface area contributed by atoms with Crippen LogP contribution >= 0.6 is 0 Å². The maximum Gasteiger partial charge on any atom is 0.573 e. The van der Waals surface area contributed by atoms with Crippen molar-refractivity contribution < 1.29 is 44.6 Å². The van der Waals surface area contributed by atoms with Gasteiger partial charge in [0.25, 0.3) is 0 Å². The van der Waals surface area contributed by atoms with Crippen LogP contribution in [0.25, 0.3) is 55.7 Å². The predicted octanol–water partition coefficient (Wildman–Crippen LogP) is 11.6. The van der Waals surface area contributed by atoms with Crippen LogP contribution < -0.4 is 9.47 Å². The van der Waals surface area contributed by atoms with Gasteiger partial charge in [0.2, 0.25) is 0 Å². The molecule has 0 saturated carbocycles. The summed E-state index contributed by atoms with van der Waals surface area (Å²) in [6.07, 6.45) is -10.4. The summed E-state index contributed by atoms with van der Waals surface area (Å²) in [7, 11) is 0. The molecule has 0 fully saturated rings. The van der Waals surface area contributed by atoms with E-state index >= 15 is 8.78 Å². The van der Waals surface area contributed by atoms with Crippen molar-refractivity contribution in [2.75, 3.05) is 0 Å². The fourth-order valence-electron chi connectivity index (χ4n) is 7.67. The molecule has 5 aromatic carbocycles. The van der Waals surface area contributed by atoms with Crippen LogP contribution in [-0.2, 0) is 0 Å². The smallest absolute Gasteiger partial charge is 0.406 e. The Morgan fingerprint density at radius 2 is 0.697 bits per heavy atom. The molecular weight excluding hydrogens is 873 g/mol. The van der Waals surface area contributed by atoms with Gasteiger partial charge in [-0.1, -0.05) is 24.3 Å². The van der Waals surface area contributed by atoms with Crippen LogP contribution in [0, 0.1) is 90.6 Å². The average Bonchev–Trinajstić information content (AvgIpc) is 3.74. The molecule has 0 bridgehead atoms. The van der Waals surface area contributed by atoms with E-state index in [1.54, 1.807) is 36.4 Å². The second-order valence-corrected chi connectivity index (χ2v) is 13.8. The quantitative estimate of drug-likeness (QED) is 0.116. The molecule has 10 nitrogen and oxygen atoms in total. The van der Waals surface area contributed by atoms with Gasteiger partial charge in [-0.2, -0.15) is 42.1 Å². The zero-order chi connectivity index (χ0) is 47.8. The third-order valence-corrected chi connectivity index (χ3v) is 10.0. The number of halogens is 8. The molecule has 314 valence electrons. The molecule has 0 atom stereocenters. The monoisotopic (exact) mass is 886 g/mol. The Morgan fingerprint density at radius 3 is 0.939 bits per heavy atom. The van der Waals surface area contributed by atoms with Crippen molar-refractivity contribution in [3.8, 4) is 82.3 Å². The van der Waals surface area contributed by atoms with Gasteiger partial charge in [-0.05, 0) is 94.0 Å². The van der Waals surface area contributed by atoms with Crippen molar-refractivity contribution in [1.82, 2.24) is 0 Å². The molecule has 7 rings (SSSR count). The molecule has 0 amide bonds. The fourth-order valence-corrected chi connectivity index (χ4v) is 7.67. The summed E-state index contributed by atoms with van der Waals surface area (Å²) in [6.45, 7) is 0. The van der Waals surface area contributed by atoms with Gasteiger partial charge >= 0.3 is 12.7 Å². The van der Waals surface area contributed by atoms with Crippen molar-refractivity contribution in [1.29, 1.82) is 42.1 Å². The molecule has 5 aromatic rings. The van der Waals surface area contributed by atoms with Crippen molar-refractivity contribution in [3.63, 3.8) is 0 Å². The highest BCUT2D eigenvalue weighted by molar-refractivity contribution is 6.25. The largest absolute Gasteiger partial charge is 0.573 e. The first-order chi connectivity index (χ1) is 31.4. The molecule has 0 heterocycles. The summed E-state index contributed by atoms with van der Waals surface area (Å²) in [5, 5.41) is 82.2. The Bertz CT molecular complexity index is 3190. The molecule has 0 unspecified atom stereocenters. The van der Waals surface area contributed by atoms with E-state index in [9.17, 15) is 68.4 Å². The zero-order valence-electron chi connectivity index (χ0n) is 32.5. The topological polar surface area (TPSA) is 209 Å². The van der Waals surface area contributed by atoms with E-state index in [1.165, 1.54) is 0 Å². The van der Waals surface area contributed by atoms with Gasteiger partial charge < -0.3 is 9.47 Å². The highest BCUT2D eigenvalue weighted by Gasteiger charge is 2.44. The van der Waals surface area contributed by atoms with Gasteiger partial charge in [-0.25, -0.2) is 8.78 Å². The number of alkyl halides is 6. The van der Waals surface area contributed by atoms with Gasteiger partial charge in [0.05, 0.1) is 68.8 Å². The molecule has 2 aliphatic carbocycles. The molecule has 2 aliphatic rings. The summed E-state index contributed by atoms with van der Waals surface area (Å²) >= 11 is 0. The van der Waals surface area contributed by atoms with E-state index in [2.05, 4.69) is 9.47 Å². The molecule has 0 spiro atoms. The number of nitriles is 8. The number of ether oxygens (including phenoxy) is 2. The minimum absolute atomic E-state index is 0.188. The molecule has 0 N–H and O–H groups in total. The highest BCUT2D eigenvalue weighted by atomic mass is 19.4. The van der Waals surface area contributed by atoms with Crippen LogP contribution in [0.15, 0.2) is 96.6 Å². The second-order valence-electron chi connectivity index (χ2n) is 13.8. The second kappa shape index (κ2) is 16.7. The molecule has 66 heavy (non-hydrogen) atoms. The number of allylic oxidation sites excluding steroid dienone is 8.